The van der Waals surface area contributed by atoms with Crippen LogP contribution in [0.25, 0.3) is 10.9 Å². The van der Waals surface area contributed by atoms with Crippen LogP contribution in [0.2, 0.25) is 5.02 Å². The summed E-state index contributed by atoms with van der Waals surface area (Å²) in [6, 6.07) is 7.89. The fourth-order valence-corrected chi connectivity index (χ4v) is 4.72. The fourth-order valence-electron chi connectivity index (χ4n) is 4.54. The quantitative estimate of drug-likeness (QED) is 0.594. The third kappa shape index (κ3) is 3.55. The first-order valence-electron chi connectivity index (χ1n) is 9.95. The zero-order valence-corrected chi connectivity index (χ0v) is 17.4. The number of piperidine rings is 1. The first-order chi connectivity index (χ1) is 15.0. The number of hydrogen-bond donors (Lipinski definition) is 2. The highest BCUT2D eigenvalue weighted by Crippen LogP contribution is 2.50. The van der Waals surface area contributed by atoms with Crippen LogP contribution >= 0.6 is 11.6 Å². The number of rotatable bonds is 6. The minimum absolute atomic E-state index is 0.0121. The molecule has 160 valence electrons. The summed E-state index contributed by atoms with van der Waals surface area (Å²) in [5, 5.41) is 13.3. The number of anilines is 2. The highest BCUT2D eigenvalue weighted by Gasteiger charge is 2.55. The largest absolute Gasteiger partial charge is 0.496 e. The van der Waals surface area contributed by atoms with E-state index in [1.54, 1.807) is 25.3 Å². The van der Waals surface area contributed by atoms with Crippen molar-refractivity contribution in [1.29, 1.82) is 0 Å². The maximum atomic E-state index is 14.4. The molecule has 9 heteroatoms. The molecule has 2 aromatic carbocycles. The molecule has 2 aliphatic rings. The molecule has 1 aliphatic heterocycles. The normalized spacial score (nSPS) is 22.4. The van der Waals surface area contributed by atoms with E-state index in [9.17, 15) is 14.3 Å². The molecule has 0 radical (unpaired) electrons. The standard InChI is InChI=1S/C22H20ClFN4O3/c1-31-18-7-17-14(6-12(18)9-28-8-11-5-13(11)20(28)22(29)30)21(26-10-25-17)27-16-4-2-3-15(23)19(16)24/h2-4,6-7,10-11,13,20H,5,8-9H2,1H3,(H,29,30)(H,25,26,27)/t11-,13+,20+/m0/s1. The monoisotopic (exact) mass is 442 g/mol. The predicted octanol–water partition coefficient (Wildman–Crippen LogP) is 4.08. The second kappa shape index (κ2) is 7.62. The van der Waals surface area contributed by atoms with Gasteiger partial charge in [0, 0.05) is 30.1 Å². The van der Waals surface area contributed by atoms with Crippen LogP contribution in [0, 0.1) is 17.7 Å². The summed E-state index contributed by atoms with van der Waals surface area (Å²) in [6.07, 6.45) is 2.37. The Labute approximate surface area is 182 Å². The molecule has 3 atom stereocenters. The van der Waals surface area contributed by atoms with Gasteiger partial charge in [-0.25, -0.2) is 14.4 Å². The lowest BCUT2D eigenvalue weighted by Gasteiger charge is -2.25. The van der Waals surface area contributed by atoms with E-state index < -0.39 is 17.8 Å². The Kier molecular flexibility index (Phi) is 4.91. The molecular weight excluding hydrogens is 423 g/mol. The number of carbonyl (C=O) groups is 1. The zero-order valence-electron chi connectivity index (χ0n) is 16.7. The van der Waals surface area contributed by atoms with Gasteiger partial charge in [0.05, 0.1) is 23.3 Å². The highest BCUT2D eigenvalue weighted by molar-refractivity contribution is 6.31. The lowest BCUT2D eigenvalue weighted by atomic mass is 10.1. The molecule has 2 N–H and O–H groups in total. The van der Waals surface area contributed by atoms with Crippen LogP contribution in [-0.2, 0) is 11.3 Å². The number of halogens is 2. The summed E-state index contributed by atoms with van der Waals surface area (Å²) in [7, 11) is 1.57. The van der Waals surface area contributed by atoms with Gasteiger partial charge < -0.3 is 15.2 Å². The molecule has 7 nitrogen and oxygen atoms in total. The molecule has 5 rings (SSSR count). The average molecular weight is 443 g/mol. The van der Waals surface area contributed by atoms with Gasteiger partial charge in [-0.15, -0.1) is 0 Å². The van der Waals surface area contributed by atoms with Gasteiger partial charge in [0.25, 0.3) is 0 Å². The Morgan fingerprint density at radius 1 is 1.39 bits per heavy atom. The number of likely N-dealkylation sites (tertiary alicyclic amines) is 1. The molecule has 1 aliphatic carbocycles. The van der Waals surface area contributed by atoms with E-state index in [0.717, 1.165) is 18.5 Å². The van der Waals surface area contributed by atoms with Crippen molar-refractivity contribution in [2.24, 2.45) is 11.8 Å². The van der Waals surface area contributed by atoms with E-state index in [2.05, 4.69) is 15.3 Å². The lowest BCUT2D eigenvalue weighted by Crippen LogP contribution is -2.38. The summed E-state index contributed by atoms with van der Waals surface area (Å²) in [5.74, 6) is 0.385. The minimum atomic E-state index is -0.785. The van der Waals surface area contributed by atoms with Gasteiger partial charge in [0.15, 0.2) is 5.82 Å². The van der Waals surface area contributed by atoms with E-state index in [1.165, 1.54) is 12.4 Å². The van der Waals surface area contributed by atoms with Crippen molar-refractivity contribution >= 4 is 40.0 Å². The minimum Gasteiger partial charge on any atom is -0.496 e. The van der Waals surface area contributed by atoms with Crippen molar-refractivity contribution in [3.63, 3.8) is 0 Å². The van der Waals surface area contributed by atoms with Crippen LogP contribution in [0.4, 0.5) is 15.9 Å². The molecule has 2 heterocycles. The molecule has 0 unspecified atom stereocenters. The van der Waals surface area contributed by atoms with Crippen molar-refractivity contribution in [2.75, 3.05) is 19.0 Å². The first-order valence-corrected chi connectivity index (χ1v) is 10.3. The predicted molar refractivity (Wildman–Crippen MR) is 114 cm³/mol. The van der Waals surface area contributed by atoms with E-state index in [-0.39, 0.29) is 16.6 Å². The number of aliphatic carboxylic acids is 1. The van der Waals surface area contributed by atoms with Gasteiger partial charge >= 0.3 is 5.97 Å². The van der Waals surface area contributed by atoms with Gasteiger partial charge in [0.1, 0.15) is 23.9 Å². The number of carboxylic acids is 1. The second-order valence-electron chi connectivity index (χ2n) is 8.00. The first kappa shape index (κ1) is 20.0. The average Bonchev–Trinajstić information content (AvgIpc) is 3.40. The molecule has 3 aromatic rings. The number of nitrogens with one attached hydrogen (secondary N) is 1. The maximum Gasteiger partial charge on any atom is 0.321 e. The molecular formula is C22H20ClFN4O3. The highest BCUT2D eigenvalue weighted by atomic mass is 35.5. The number of benzene rings is 2. The van der Waals surface area contributed by atoms with Crippen LogP contribution in [0.5, 0.6) is 5.75 Å². The molecule has 2 fully saturated rings. The fraction of sp³-hybridized carbons (Fsp3) is 0.318. The molecule has 1 aromatic heterocycles. The van der Waals surface area contributed by atoms with Gasteiger partial charge in [0.2, 0.25) is 0 Å². The zero-order chi connectivity index (χ0) is 21.7. The smallest absolute Gasteiger partial charge is 0.321 e. The summed E-state index contributed by atoms with van der Waals surface area (Å²) >= 11 is 5.89. The summed E-state index contributed by atoms with van der Waals surface area (Å²) < 4.78 is 20.0. The SMILES string of the molecule is COc1cc2ncnc(Nc3cccc(Cl)c3F)c2cc1CN1C[C@@H]2C[C@H]2[C@@H]1C(=O)O. The Morgan fingerprint density at radius 2 is 2.23 bits per heavy atom. The number of ether oxygens (including phenoxy) is 1. The number of carboxylic acid groups (broad SMARTS) is 1. The summed E-state index contributed by atoms with van der Waals surface area (Å²) in [4.78, 5) is 22.3. The Balaban J connectivity index is 1.52. The van der Waals surface area contributed by atoms with Crippen LogP contribution in [0.15, 0.2) is 36.7 Å². The third-order valence-corrected chi connectivity index (χ3v) is 6.41. The third-order valence-electron chi connectivity index (χ3n) is 6.11. The Morgan fingerprint density at radius 3 is 3.00 bits per heavy atom. The van der Waals surface area contributed by atoms with E-state index in [1.807, 2.05) is 11.0 Å². The van der Waals surface area contributed by atoms with Crippen LogP contribution in [0.3, 0.4) is 0 Å². The van der Waals surface area contributed by atoms with Gasteiger partial charge in [-0.2, -0.15) is 0 Å². The van der Waals surface area contributed by atoms with Crippen molar-refractivity contribution in [2.45, 2.75) is 19.0 Å². The Hall–Kier alpha value is -2.97. The van der Waals surface area contributed by atoms with Crippen LogP contribution in [-0.4, -0.2) is 45.6 Å². The number of hydrogen-bond acceptors (Lipinski definition) is 6. The van der Waals surface area contributed by atoms with Crippen LogP contribution < -0.4 is 10.1 Å². The van der Waals surface area contributed by atoms with E-state index in [4.69, 9.17) is 16.3 Å². The van der Waals surface area contributed by atoms with Crippen molar-refractivity contribution in [3.8, 4) is 5.75 Å². The molecule has 0 amide bonds. The number of aromatic nitrogens is 2. The number of methoxy groups -OCH3 is 1. The lowest BCUT2D eigenvalue weighted by molar-refractivity contribution is -0.143. The molecule has 1 saturated heterocycles. The van der Waals surface area contributed by atoms with E-state index in [0.29, 0.717) is 34.9 Å². The van der Waals surface area contributed by atoms with Crippen molar-refractivity contribution in [1.82, 2.24) is 14.9 Å². The van der Waals surface area contributed by atoms with Gasteiger partial charge in [-0.1, -0.05) is 17.7 Å². The topological polar surface area (TPSA) is 87.6 Å². The van der Waals surface area contributed by atoms with Crippen LogP contribution in [0.1, 0.15) is 12.0 Å². The second-order valence-corrected chi connectivity index (χ2v) is 8.41. The summed E-state index contributed by atoms with van der Waals surface area (Å²) in [5.41, 5.74) is 1.65. The molecule has 1 saturated carbocycles. The van der Waals surface area contributed by atoms with Gasteiger partial charge in [-0.05, 0) is 36.5 Å². The summed E-state index contributed by atoms with van der Waals surface area (Å²) in [6.45, 7) is 1.19. The Bertz CT molecular complexity index is 1190. The number of nitrogens with zero attached hydrogens (tertiary/aromatic N) is 3. The van der Waals surface area contributed by atoms with Gasteiger partial charge in [-0.3, -0.25) is 9.69 Å². The molecule has 0 bridgehead atoms. The molecule has 31 heavy (non-hydrogen) atoms. The van der Waals surface area contributed by atoms with E-state index >= 15 is 0 Å². The number of fused-ring (bicyclic) bond motifs is 2. The van der Waals surface area contributed by atoms with Crippen molar-refractivity contribution in [3.05, 3.63) is 53.1 Å². The molecule has 0 spiro atoms. The van der Waals surface area contributed by atoms with Crippen molar-refractivity contribution < 1.29 is 19.0 Å². The maximum absolute atomic E-state index is 14.4.